The van der Waals surface area contributed by atoms with E-state index in [1.807, 2.05) is 6.92 Å². The summed E-state index contributed by atoms with van der Waals surface area (Å²) < 4.78 is 64.5. The predicted octanol–water partition coefficient (Wildman–Crippen LogP) is 6.16. The predicted molar refractivity (Wildman–Crippen MR) is 107 cm³/mol. The third-order valence-electron chi connectivity index (χ3n) is 6.13. The summed E-state index contributed by atoms with van der Waals surface area (Å²) in [6.45, 7) is 3.85. The van der Waals surface area contributed by atoms with Crippen molar-refractivity contribution in [2.75, 3.05) is 20.4 Å². The largest absolute Gasteiger partial charge is 0.493 e. The molecule has 1 aromatic carbocycles. The van der Waals surface area contributed by atoms with Crippen molar-refractivity contribution in [2.24, 2.45) is 11.3 Å². The molecule has 30 heavy (non-hydrogen) atoms. The second-order valence-electron chi connectivity index (χ2n) is 8.68. The molecule has 1 N–H and O–H groups in total. The van der Waals surface area contributed by atoms with Crippen molar-refractivity contribution >= 4 is 14.2 Å². The Bertz CT molecular complexity index is 774. The van der Waals surface area contributed by atoms with Crippen LogP contribution in [0.15, 0.2) is 12.1 Å². The number of benzene rings is 1. The van der Waals surface area contributed by atoms with E-state index in [2.05, 4.69) is 5.09 Å². The number of carbonyl (C=O) groups excluding carboxylic acids is 1. The van der Waals surface area contributed by atoms with E-state index in [1.54, 1.807) is 12.7 Å². The number of alkyl halides is 3. The van der Waals surface area contributed by atoms with Gasteiger partial charge >= 0.3 is 6.18 Å². The van der Waals surface area contributed by atoms with Crippen molar-refractivity contribution in [3.63, 3.8) is 0 Å². The lowest BCUT2D eigenvalue weighted by Crippen LogP contribution is -2.35. The number of amides is 1. The summed E-state index contributed by atoms with van der Waals surface area (Å²) in [6.07, 6.45) is -1.27. The van der Waals surface area contributed by atoms with Gasteiger partial charge in [-0.3, -0.25) is 4.79 Å². The maximum absolute atomic E-state index is 14.7. The van der Waals surface area contributed by atoms with Crippen LogP contribution in [0.5, 0.6) is 5.75 Å². The van der Waals surface area contributed by atoms with E-state index in [9.17, 15) is 22.4 Å². The highest BCUT2D eigenvalue weighted by atomic mass is 31.2. The quantitative estimate of drug-likeness (QED) is 0.401. The molecule has 0 aliphatic heterocycles. The van der Waals surface area contributed by atoms with Crippen molar-refractivity contribution in [1.82, 2.24) is 5.09 Å². The SMILES string of the molecule is COP(C)NC(=O)c1cc(C2CC2)c(OCC2(C)CCC(C(F)(F)F)CC2)cc1F. The van der Waals surface area contributed by atoms with Gasteiger partial charge in [0.05, 0.1) is 18.1 Å². The van der Waals surface area contributed by atoms with Crippen LogP contribution in [0.2, 0.25) is 0 Å². The summed E-state index contributed by atoms with van der Waals surface area (Å²) in [7, 11) is 0.287. The number of ether oxygens (including phenoxy) is 1. The van der Waals surface area contributed by atoms with Crippen LogP contribution < -0.4 is 9.82 Å². The molecule has 1 atom stereocenters. The molecule has 0 aromatic heterocycles. The fraction of sp³-hybridized carbons (Fsp3) is 0.667. The van der Waals surface area contributed by atoms with E-state index in [-0.39, 0.29) is 36.3 Å². The number of hydrogen-bond donors (Lipinski definition) is 1. The topological polar surface area (TPSA) is 47.6 Å². The Balaban J connectivity index is 1.70. The summed E-state index contributed by atoms with van der Waals surface area (Å²) in [6, 6.07) is 2.78. The molecule has 2 saturated carbocycles. The van der Waals surface area contributed by atoms with Gasteiger partial charge in [0.2, 0.25) is 0 Å². The first-order valence-electron chi connectivity index (χ1n) is 10.1. The molecule has 0 radical (unpaired) electrons. The number of hydrogen-bond acceptors (Lipinski definition) is 3. The molecule has 0 saturated heterocycles. The first-order chi connectivity index (χ1) is 14.0. The van der Waals surface area contributed by atoms with Gasteiger partial charge < -0.3 is 14.3 Å². The van der Waals surface area contributed by atoms with E-state index in [0.29, 0.717) is 18.6 Å². The molecule has 0 heterocycles. The summed E-state index contributed by atoms with van der Waals surface area (Å²) in [5, 5.41) is 2.63. The van der Waals surface area contributed by atoms with Crippen molar-refractivity contribution in [3.05, 3.63) is 29.1 Å². The summed E-state index contributed by atoms with van der Waals surface area (Å²) in [5.41, 5.74) is 0.352. The van der Waals surface area contributed by atoms with E-state index in [0.717, 1.165) is 18.4 Å². The standard InChI is InChI=1S/C21H28F4NO3P/c1-20(8-6-14(7-9-20)21(23,24)25)12-29-18-11-17(22)16(10-15(18)13-4-5-13)19(27)26-30(3)28-2/h10-11,13-14H,4-9,12H2,1-3H3,(H,26,27). The van der Waals surface area contributed by atoms with E-state index in [4.69, 9.17) is 9.26 Å². The minimum absolute atomic E-state index is 0.0486. The molecular weight excluding hydrogens is 421 g/mol. The highest BCUT2D eigenvalue weighted by Gasteiger charge is 2.44. The minimum atomic E-state index is -4.15. The van der Waals surface area contributed by atoms with Gasteiger partial charge in [-0.05, 0) is 62.7 Å². The lowest BCUT2D eigenvalue weighted by atomic mass is 9.72. The average Bonchev–Trinajstić information content (AvgIpc) is 3.51. The van der Waals surface area contributed by atoms with Gasteiger partial charge in [0.25, 0.3) is 5.91 Å². The van der Waals surface area contributed by atoms with Crippen LogP contribution >= 0.6 is 8.30 Å². The normalized spacial score (nSPS) is 25.6. The van der Waals surface area contributed by atoms with Crippen LogP contribution in [0.25, 0.3) is 0 Å². The van der Waals surface area contributed by atoms with Crippen LogP contribution in [0, 0.1) is 17.2 Å². The fourth-order valence-corrected chi connectivity index (χ4v) is 4.37. The third kappa shape index (κ3) is 5.64. The van der Waals surface area contributed by atoms with Crippen molar-refractivity contribution < 1.29 is 31.6 Å². The van der Waals surface area contributed by atoms with E-state index in [1.165, 1.54) is 13.2 Å². The van der Waals surface area contributed by atoms with Crippen molar-refractivity contribution in [3.8, 4) is 5.75 Å². The molecule has 1 amide bonds. The van der Waals surface area contributed by atoms with Crippen LogP contribution in [0.3, 0.4) is 0 Å². The molecule has 1 unspecified atom stereocenters. The second-order valence-corrected chi connectivity index (χ2v) is 10.3. The van der Waals surface area contributed by atoms with E-state index >= 15 is 0 Å². The molecule has 4 nitrogen and oxygen atoms in total. The van der Waals surface area contributed by atoms with Crippen molar-refractivity contribution in [2.45, 2.75) is 57.5 Å². The third-order valence-corrected chi connectivity index (χ3v) is 7.19. The zero-order valence-electron chi connectivity index (χ0n) is 17.4. The second kappa shape index (κ2) is 8.99. The average molecular weight is 449 g/mol. The van der Waals surface area contributed by atoms with Gasteiger partial charge in [0.1, 0.15) is 19.9 Å². The van der Waals surface area contributed by atoms with Gasteiger partial charge in [0, 0.05) is 18.6 Å². The smallest absolute Gasteiger partial charge is 0.391 e. The van der Waals surface area contributed by atoms with Crippen LogP contribution in [-0.2, 0) is 4.52 Å². The molecule has 0 bridgehead atoms. The lowest BCUT2D eigenvalue weighted by Gasteiger charge is -2.37. The lowest BCUT2D eigenvalue weighted by molar-refractivity contribution is -0.187. The van der Waals surface area contributed by atoms with E-state index < -0.39 is 32.1 Å². The molecule has 9 heteroatoms. The summed E-state index contributed by atoms with van der Waals surface area (Å²) in [4.78, 5) is 12.4. The molecule has 0 spiro atoms. The molecule has 2 aliphatic rings. The monoisotopic (exact) mass is 449 g/mol. The Morgan fingerprint density at radius 1 is 1.23 bits per heavy atom. The number of nitrogens with one attached hydrogen (secondary N) is 1. The maximum atomic E-state index is 14.7. The Labute approximate surface area is 175 Å². The zero-order valence-corrected chi connectivity index (χ0v) is 18.3. The zero-order chi connectivity index (χ0) is 22.1. The molecule has 2 fully saturated rings. The van der Waals surface area contributed by atoms with Gasteiger partial charge in [-0.15, -0.1) is 0 Å². The van der Waals surface area contributed by atoms with Gasteiger partial charge in [0.15, 0.2) is 0 Å². The number of rotatable bonds is 7. The highest BCUT2D eigenvalue weighted by molar-refractivity contribution is 7.50. The van der Waals surface area contributed by atoms with Gasteiger partial charge in [-0.2, -0.15) is 13.2 Å². The van der Waals surface area contributed by atoms with Crippen LogP contribution in [0.4, 0.5) is 17.6 Å². The molecule has 2 aliphatic carbocycles. The van der Waals surface area contributed by atoms with Crippen molar-refractivity contribution in [1.29, 1.82) is 0 Å². The fourth-order valence-electron chi connectivity index (χ4n) is 3.87. The van der Waals surface area contributed by atoms with Gasteiger partial charge in [-0.1, -0.05) is 6.92 Å². The van der Waals surface area contributed by atoms with Gasteiger partial charge in [-0.25, -0.2) is 4.39 Å². The Morgan fingerprint density at radius 3 is 2.40 bits per heavy atom. The number of carbonyl (C=O) groups is 1. The Hall–Kier alpha value is -1.40. The maximum Gasteiger partial charge on any atom is 0.391 e. The molecule has 3 rings (SSSR count). The Morgan fingerprint density at radius 2 is 1.87 bits per heavy atom. The first kappa shape index (κ1) is 23.3. The molecule has 168 valence electrons. The summed E-state index contributed by atoms with van der Waals surface area (Å²) >= 11 is 0. The Kier molecular flexibility index (Phi) is 6.97. The number of halogens is 4. The van der Waals surface area contributed by atoms with Crippen LogP contribution in [0.1, 0.15) is 67.3 Å². The molecular formula is C21H28F4NO3P. The summed E-state index contributed by atoms with van der Waals surface area (Å²) in [5.74, 6) is -1.87. The van der Waals surface area contributed by atoms with Crippen LogP contribution in [-0.4, -0.2) is 32.5 Å². The highest BCUT2D eigenvalue weighted by Crippen LogP contribution is 2.47. The minimum Gasteiger partial charge on any atom is -0.493 e. The first-order valence-corrected chi connectivity index (χ1v) is 11.8. The molecule has 1 aromatic rings.